The third kappa shape index (κ3) is 4.54. The Kier molecular flexibility index (Phi) is 4.94. The molecule has 25 heavy (non-hydrogen) atoms. The van der Waals surface area contributed by atoms with Crippen LogP contribution in [0.4, 0.5) is 5.69 Å². The number of carboxylic acids is 1. The van der Waals surface area contributed by atoms with Crippen LogP contribution in [0.1, 0.15) is 16.1 Å². The van der Waals surface area contributed by atoms with Crippen molar-refractivity contribution in [3.8, 4) is 0 Å². The molecule has 0 aliphatic rings. The number of carboxylic acid groups (broad SMARTS) is 1. The highest BCUT2D eigenvalue weighted by Gasteiger charge is 2.11. The summed E-state index contributed by atoms with van der Waals surface area (Å²) in [6.45, 7) is 0.282. The van der Waals surface area contributed by atoms with Crippen LogP contribution >= 0.6 is 15.9 Å². The topological polar surface area (TPSA) is 102 Å². The molecular formula is C16H14BrN5O3. The van der Waals surface area contributed by atoms with Crippen molar-refractivity contribution in [3.05, 3.63) is 64.7 Å². The molecule has 0 unspecified atom stereocenters. The van der Waals surface area contributed by atoms with Gasteiger partial charge in [-0.25, -0.2) is 0 Å². The number of carbonyl (C=O) groups is 2. The van der Waals surface area contributed by atoms with Crippen LogP contribution in [-0.2, 0) is 17.9 Å². The normalized spacial score (nSPS) is 10.6. The van der Waals surface area contributed by atoms with Gasteiger partial charge in [0.2, 0.25) is 0 Å². The SMILES string of the molecule is O=C(O)Cn1ccc(C(=O)Nc2cccc(Cn3cc(Br)cn3)c2)n1. The molecule has 3 aromatic rings. The monoisotopic (exact) mass is 403 g/mol. The maximum Gasteiger partial charge on any atom is 0.325 e. The second-order valence-corrected chi connectivity index (χ2v) is 6.22. The van der Waals surface area contributed by atoms with E-state index < -0.39 is 11.9 Å². The highest BCUT2D eigenvalue weighted by molar-refractivity contribution is 9.10. The Bertz CT molecular complexity index is 918. The van der Waals surface area contributed by atoms with E-state index in [-0.39, 0.29) is 12.2 Å². The lowest BCUT2D eigenvalue weighted by molar-refractivity contribution is -0.137. The summed E-state index contributed by atoms with van der Waals surface area (Å²) in [6, 6.07) is 8.87. The first kappa shape index (κ1) is 16.9. The van der Waals surface area contributed by atoms with Crippen molar-refractivity contribution >= 4 is 33.5 Å². The van der Waals surface area contributed by atoms with E-state index in [2.05, 4.69) is 31.4 Å². The van der Waals surface area contributed by atoms with Crippen LogP contribution in [-0.4, -0.2) is 36.5 Å². The molecule has 0 bridgehead atoms. The van der Waals surface area contributed by atoms with Gasteiger partial charge in [-0.3, -0.25) is 19.0 Å². The number of hydrogen-bond acceptors (Lipinski definition) is 4. The number of rotatable bonds is 6. The van der Waals surface area contributed by atoms with E-state index in [0.717, 1.165) is 10.0 Å². The maximum absolute atomic E-state index is 12.2. The summed E-state index contributed by atoms with van der Waals surface area (Å²) in [4.78, 5) is 22.9. The number of benzene rings is 1. The fourth-order valence-corrected chi connectivity index (χ4v) is 2.59. The molecule has 128 valence electrons. The van der Waals surface area contributed by atoms with E-state index in [1.165, 1.54) is 16.9 Å². The van der Waals surface area contributed by atoms with Crippen molar-refractivity contribution in [1.82, 2.24) is 19.6 Å². The van der Waals surface area contributed by atoms with Crippen LogP contribution in [0.5, 0.6) is 0 Å². The number of nitrogens with one attached hydrogen (secondary N) is 1. The summed E-state index contributed by atoms with van der Waals surface area (Å²) in [5.74, 6) is -1.42. The molecule has 0 aliphatic carbocycles. The largest absolute Gasteiger partial charge is 0.480 e. The lowest BCUT2D eigenvalue weighted by atomic mass is 10.2. The van der Waals surface area contributed by atoms with Crippen LogP contribution in [0.15, 0.2) is 53.4 Å². The van der Waals surface area contributed by atoms with Crippen molar-refractivity contribution < 1.29 is 14.7 Å². The summed E-state index contributed by atoms with van der Waals surface area (Å²) < 4.78 is 3.87. The zero-order valence-corrected chi connectivity index (χ0v) is 14.5. The van der Waals surface area contributed by atoms with Gasteiger partial charge >= 0.3 is 5.97 Å². The van der Waals surface area contributed by atoms with Gasteiger partial charge in [-0.05, 0) is 39.7 Å². The molecule has 0 atom stereocenters. The molecule has 0 fully saturated rings. The summed E-state index contributed by atoms with van der Waals surface area (Å²) >= 11 is 3.35. The first-order valence-electron chi connectivity index (χ1n) is 7.33. The van der Waals surface area contributed by atoms with Crippen molar-refractivity contribution in [2.75, 3.05) is 5.32 Å². The molecular weight excluding hydrogens is 390 g/mol. The summed E-state index contributed by atoms with van der Waals surface area (Å²) in [5, 5.41) is 19.6. The maximum atomic E-state index is 12.2. The van der Waals surface area contributed by atoms with E-state index >= 15 is 0 Å². The standard InChI is InChI=1S/C16H14BrN5O3/c17-12-7-18-22(9-12)8-11-2-1-3-13(6-11)19-16(25)14-4-5-21(20-14)10-15(23)24/h1-7,9H,8,10H2,(H,19,25)(H,23,24). The number of aromatic nitrogens is 4. The van der Waals surface area contributed by atoms with Crippen molar-refractivity contribution in [3.63, 3.8) is 0 Å². The van der Waals surface area contributed by atoms with Gasteiger partial charge in [0.1, 0.15) is 6.54 Å². The van der Waals surface area contributed by atoms with Crippen LogP contribution in [0.25, 0.3) is 0 Å². The Morgan fingerprint density at radius 3 is 2.80 bits per heavy atom. The van der Waals surface area contributed by atoms with Crippen LogP contribution in [0.3, 0.4) is 0 Å². The number of aliphatic carboxylic acids is 1. The van der Waals surface area contributed by atoms with E-state index in [1.807, 2.05) is 24.4 Å². The number of hydrogen-bond donors (Lipinski definition) is 2. The Morgan fingerprint density at radius 2 is 2.08 bits per heavy atom. The van der Waals surface area contributed by atoms with E-state index in [4.69, 9.17) is 5.11 Å². The minimum atomic E-state index is -1.02. The first-order valence-corrected chi connectivity index (χ1v) is 8.12. The average Bonchev–Trinajstić information content (AvgIpc) is 3.16. The number of nitrogens with zero attached hydrogens (tertiary/aromatic N) is 4. The Hall–Kier alpha value is -2.94. The molecule has 2 aromatic heterocycles. The highest BCUT2D eigenvalue weighted by Crippen LogP contribution is 2.14. The number of halogens is 1. The molecule has 0 aliphatic heterocycles. The van der Waals surface area contributed by atoms with Crippen LogP contribution in [0, 0.1) is 0 Å². The predicted octanol–water partition coefficient (Wildman–Crippen LogP) is 2.23. The second kappa shape index (κ2) is 7.31. The quantitative estimate of drug-likeness (QED) is 0.656. The summed E-state index contributed by atoms with van der Waals surface area (Å²) in [5.41, 5.74) is 1.76. The lowest BCUT2D eigenvalue weighted by Gasteiger charge is -2.07. The Balaban J connectivity index is 1.68. The minimum absolute atomic E-state index is 0.155. The van der Waals surface area contributed by atoms with Gasteiger partial charge in [0.05, 0.1) is 17.2 Å². The van der Waals surface area contributed by atoms with Gasteiger partial charge in [-0.15, -0.1) is 0 Å². The number of amides is 1. The third-order valence-electron chi connectivity index (χ3n) is 3.30. The number of carbonyl (C=O) groups excluding carboxylic acids is 1. The third-order valence-corrected chi connectivity index (χ3v) is 3.71. The van der Waals surface area contributed by atoms with Crippen molar-refractivity contribution in [2.45, 2.75) is 13.1 Å². The predicted molar refractivity (Wildman–Crippen MR) is 93.3 cm³/mol. The van der Waals surface area contributed by atoms with Gasteiger partial charge in [0.25, 0.3) is 5.91 Å². The highest BCUT2D eigenvalue weighted by atomic mass is 79.9. The Labute approximate surface area is 151 Å². The van der Waals surface area contributed by atoms with Crippen LogP contribution < -0.4 is 5.32 Å². The van der Waals surface area contributed by atoms with E-state index in [0.29, 0.717) is 12.2 Å². The summed E-state index contributed by atoms with van der Waals surface area (Å²) in [6.07, 6.45) is 5.02. The van der Waals surface area contributed by atoms with Crippen LogP contribution in [0.2, 0.25) is 0 Å². The molecule has 1 amide bonds. The molecule has 0 radical (unpaired) electrons. The first-order chi connectivity index (χ1) is 12.0. The molecule has 2 N–H and O–H groups in total. The second-order valence-electron chi connectivity index (χ2n) is 5.30. The minimum Gasteiger partial charge on any atom is -0.480 e. The molecule has 2 heterocycles. The molecule has 1 aromatic carbocycles. The fraction of sp³-hybridized carbons (Fsp3) is 0.125. The zero-order valence-electron chi connectivity index (χ0n) is 13.0. The van der Waals surface area contributed by atoms with Gasteiger partial charge in [-0.1, -0.05) is 12.1 Å². The smallest absolute Gasteiger partial charge is 0.325 e. The molecule has 0 saturated heterocycles. The van der Waals surface area contributed by atoms with Crippen molar-refractivity contribution in [2.24, 2.45) is 0 Å². The van der Waals surface area contributed by atoms with Gasteiger partial charge in [0.15, 0.2) is 5.69 Å². The zero-order chi connectivity index (χ0) is 17.8. The number of anilines is 1. The van der Waals surface area contributed by atoms with Gasteiger partial charge < -0.3 is 10.4 Å². The van der Waals surface area contributed by atoms with E-state index in [9.17, 15) is 9.59 Å². The molecule has 0 saturated carbocycles. The molecule has 0 spiro atoms. The Morgan fingerprint density at radius 1 is 1.24 bits per heavy atom. The molecule has 9 heteroatoms. The fourth-order valence-electron chi connectivity index (χ4n) is 2.26. The average molecular weight is 404 g/mol. The molecule has 8 nitrogen and oxygen atoms in total. The molecule has 3 rings (SSSR count). The van der Waals surface area contributed by atoms with Gasteiger partial charge in [0, 0.05) is 18.1 Å². The van der Waals surface area contributed by atoms with Gasteiger partial charge in [-0.2, -0.15) is 10.2 Å². The van der Waals surface area contributed by atoms with Crippen molar-refractivity contribution in [1.29, 1.82) is 0 Å². The summed E-state index contributed by atoms with van der Waals surface area (Å²) in [7, 11) is 0. The lowest BCUT2D eigenvalue weighted by Crippen LogP contribution is -2.15. The van der Waals surface area contributed by atoms with E-state index in [1.54, 1.807) is 16.9 Å².